The van der Waals surface area contributed by atoms with Gasteiger partial charge in [-0.15, -0.1) is 0 Å². The van der Waals surface area contributed by atoms with Crippen LogP contribution in [0.25, 0.3) is 250 Å². The Bertz CT molecular complexity index is 9710. The SMILES string of the molecule is [CH3][Ge]1([CH3])[c]2cc(-n3c4ccccc4c4c5c(ccc43)oc3ccccc35)ccc2-c2nc(-c3ccccc3)nc(-c3ccccc3)[c]21.[CH3][Ge]1([CH3])[c]2cc(-n3c4ccccc4c4c5oc6ccccc6c5ccc43)ccc2-c2nc(-c3ccccc3)nc(-c3ccccc3)[c]21.[CH3][Ge]1([CH3])[c]2cc(-n3c4ccccc4c4cc5oc6ccccc6c5cc43)ccc2-c2nc(-c3ccccc3)nc(-c3ccccc3)[c]21. The van der Waals surface area contributed by atoms with Crippen LogP contribution in [0.5, 0.6) is 0 Å². The fourth-order valence-electron chi connectivity index (χ4n) is 23.4. The molecule has 666 valence electrons. The van der Waals surface area contributed by atoms with Crippen molar-refractivity contribution < 1.29 is 13.3 Å². The van der Waals surface area contributed by atoms with Crippen LogP contribution in [0.4, 0.5) is 0 Å². The third-order valence-electron chi connectivity index (χ3n) is 29.9. The summed E-state index contributed by atoms with van der Waals surface area (Å²) < 4.78 is 34.9. The van der Waals surface area contributed by atoms with E-state index in [4.69, 9.17) is 43.2 Å². The molecule has 0 atom stereocenters. The summed E-state index contributed by atoms with van der Waals surface area (Å²) in [4.78, 5) is 31.8. The van der Waals surface area contributed by atoms with Crippen molar-refractivity contribution in [2.45, 2.75) is 34.5 Å². The maximum absolute atomic E-state index is 6.56. The number of hydrogen-bond donors (Lipinski definition) is 0. The topological polar surface area (TPSA) is 132 Å². The summed E-state index contributed by atoms with van der Waals surface area (Å²) in [5, 5.41) is 14.1. The van der Waals surface area contributed by atoms with Gasteiger partial charge in [0.15, 0.2) is 0 Å². The Hall–Kier alpha value is -16.4. The van der Waals surface area contributed by atoms with E-state index < -0.39 is 39.8 Å². The first-order chi connectivity index (χ1) is 69.2. The molecule has 18 aromatic carbocycles. The van der Waals surface area contributed by atoms with Crippen LogP contribution in [-0.2, 0) is 0 Å². The number of hydrogen-bond acceptors (Lipinski definition) is 9. The van der Waals surface area contributed by atoms with E-state index in [0.29, 0.717) is 0 Å². The van der Waals surface area contributed by atoms with Crippen LogP contribution in [-0.4, -0.2) is 83.4 Å². The molecular formula is C126H87Ge3N9O3. The summed E-state index contributed by atoms with van der Waals surface area (Å²) in [6.45, 7) is 0. The van der Waals surface area contributed by atoms with Crippen molar-refractivity contribution in [2.24, 2.45) is 0 Å². The molecule has 12 heterocycles. The standard InChI is InChI=1S/3C42H29GeN3O/c1-43(2)33-25-28(46-34-19-11-9-18-32(34)37-35(46)24-23-30-29-17-10-12-20-36(29)47-41(30)37)21-22-31(33)40-38(43)39(26-13-5-3-6-14-26)44-42(45-40)27-15-7-4-8-16-27;1-43(2)34-23-28(46-35-19-11-9-17-29(35)32-25-38-33(24-36(32)46)30-18-10-12-20-37(30)47-38)21-22-31(34)41-39(43)40(26-13-5-3-6-14-26)44-42(45-41)27-15-7-4-8-16-27;1-43(2)32-25-28(46-33-19-11-9-17-30(33)37-34(46)23-24-36-38(37)31-18-10-12-20-35(31)47-36)21-22-29(32)41-39(43)40(26-13-5-3-6-14-26)44-42(45-41)27-15-7-4-8-16-27/h3*3-25H,1-2H3. The first kappa shape index (κ1) is 82.9. The molecule has 3 aliphatic rings. The molecule has 30 rings (SSSR count). The van der Waals surface area contributed by atoms with Crippen LogP contribution in [0.15, 0.2) is 432 Å². The molecule has 0 N–H and O–H groups in total. The zero-order chi connectivity index (χ0) is 93.8. The molecule has 27 aromatic rings. The first-order valence-corrected chi connectivity index (χ1v) is 67.2. The molecular weight excluding hydrogens is 1910 g/mol. The summed E-state index contributed by atoms with van der Waals surface area (Å²) in [6.07, 6.45) is 0. The van der Waals surface area contributed by atoms with E-state index in [0.717, 1.165) is 162 Å². The van der Waals surface area contributed by atoms with Gasteiger partial charge in [-0.05, 0) is 0 Å². The second-order valence-electron chi connectivity index (χ2n) is 39.0. The molecule has 0 bridgehead atoms. The van der Waals surface area contributed by atoms with Gasteiger partial charge in [0.2, 0.25) is 0 Å². The molecule has 141 heavy (non-hydrogen) atoms. The van der Waals surface area contributed by atoms with Gasteiger partial charge in [0.25, 0.3) is 0 Å². The number of para-hydroxylation sites is 6. The summed E-state index contributed by atoms with van der Waals surface area (Å²) >= 11 is -8.71. The summed E-state index contributed by atoms with van der Waals surface area (Å²) in [5.41, 5.74) is 32.9. The van der Waals surface area contributed by atoms with E-state index in [1.807, 2.05) is 36.4 Å². The number of furan rings is 3. The van der Waals surface area contributed by atoms with Gasteiger partial charge in [-0.25, -0.2) is 0 Å². The molecule has 0 saturated heterocycles. The van der Waals surface area contributed by atoms with Crippen molar-refractivity contribution in [3.8, 4) is 119 Å². The summed E-state index contributed by atoms with van der Waals surface area (Å²) in [5.74, 6) is 17.3. The zero-order valence-corrected chi connectivity index (χ0v) is 84.4. The van der Waals surface area contributed by atoms with E-state index in [-0.39, 0.29) is 0 Å². The van der Waals surface area contributed by atoms with Crippen LogP contribution >= 0.6 is 0 Å². The van der Waals surface area contributed by atoms with Crippen LogP contribution in [0.3, 0.4) is 0 Å². The predicted octanol–water partition coefficient (Wildman–Crippen LogP) is 28.8. The van der Waals surface area contributed by atoms with Crippen LogP contribution in [0.1, 0.15) is 0 Å². The average Bonchev–Trinajstić information content (AvgIpc) is 1.54. The van der Waals surface area contributed by atoms with Crippen molar-refractivity contribution in [1.29, 1.82) is 0 Å². The Kier molecular flexibility index (Phi) is 18.7. The fourth-order valence-corrected chi connectivity index (χ4v) is 43.7. The molecule has 0 saturated carbocycles. The van der Waals surface area contributed by atoms with Gasteiger partial charge in [-0.1, -0.05) is 0 Å². The number of nitrogens with zero attached hydrogens (tertiary/aromatic N) is 9. The first-order valence-electron chi connectivity index (χ1n) is 48.3. The van der Waals surface area contributed by atoms with Crippen molar-refractivity contribution >= 4 is 197 Å². The van der Waals surface area contributed by atoms with Crippen LogP contribution < -0.4 is 26.4 Å². The molecule has 9 aromatic heterocycles. The normalized spacial score (nSPS) is 13.5. The Morgan fingerprint density at radius 2 is 0.511 bits per heavy atom. The van der Waals surface area contributed by atoms with E-state index in [2.05, 4.69) is 430 Å². The second kappa shape index (κ2) is 31.8. The van der Waals surface area contributed by atoms with E-state index >= 15 is 0 Å². The quantitative estimate of drug-likeness (QED) is 0.130. The minimum absolute atomic E-state index is 0.774. The second-order valence-corrected chi connectivity index (χ2v) is 66.0. The Morgan fingerprint density at radius 3 is 0.950 bits per heavy atom. The zero-order valence-electron chi connectivity index (χ0n) is 78.1. The van der Waals surface area contributed by atoms with E-state index in [9.17, 15) is 0 Å². The molecule has 15 heteroatoms. The van der Waals surface area contributed by atoms with Crippen molar-refractivity contribution in [3.05, 3.63) is 419 Å². The number of rotatable bonds is 9. The van der Waals surface area contributed by atoms with Gasteiger partial charge >= 0.3 is 826 Å². The summed E-state index contributed by atoms with van der Waals surface area (Å²) in [7, 11) is 0. The Morgan fingerprint density at radius 1 is 0.191 bits per heavy atom. The van der Waals surface area contributed by atoms with Gasteiger partial charge in [0.05, 0.1) is 0 Å². The molecule has 12 nitrogen and oxygen atoms in total. The van der Waals surface area contributed by atoms with Gasteiger partial charge in [-0.2, -0.15) is 0 Å². The van der Waals surface area contributed by atoms with Crippen molar-refractivity contribution in [3.63, 3.8) is 0 Å². The monoisotopic (exact) mass is 2000 g/mol. The third kappa shape index (κ3) is 12.8. The van der Waals surface area contributed by atoms with Gasteiger partial charge < -0.3 is 0 Å². The molecule has 3 aliphatic heterocycles. The minimum atomic E-state index is -2.90. The molecule has 0 spiro atoms. The van der Waals surface area contributed by atoms with Gasteiger partial charge in [0.1, 0.15) is 0 Å². The molecule has 0 aliphatic carbocycles. The van der Waals surface area contributed by atoms with Crippen molar-refractivity contribution in [1.82, 2.24) is 43.6 Å². The maximum atomic E-state index is 6.56. The molecule has 0 unspecified atom stereocenters. The molecule has 0 amide bonds. The Balaban J connectivity index is 0.000000104. The van der Waals surface area contributed by atoms with E-state index in [1.54, 1.807) is 0 Å². The summed E-state index contributed by atoms with van der Waals surface area (Å²) in [6, 6.07) is 149. The number of fused-ring (bicyclic) bond motifs is 29. The van der Waals surface area contributed by atoms with Crippen LogP contribution in [0, 0.1) is 0 Å². The van der Waals surface area contributed by atoms with Crippen LogP contribution in [0.2, 0.25) is 34.5 Å². The predicted molar refractivity (Wildman–Crippen MR) is 590 cm³/mol. The van der Waals surface area contributed by atoms with Gasteiger partial charge in [0, 0.05) is 0 Å². The average molecular weight is 1990 g/mol. The third-order valence-corrected chi connectivity index (χ3v) is 51.9. The van der Waals surface area contributed by atoms with E-state index in [1.165, 1.54) is 114 Å². The number of benzene rings is 18. The fraction of sp³-hybridized carbons (Fsp3) is 0.0476. The van der Waals surface area contributed by atoms with Crippen molar-refractivity contribution in [2.75, 3.05) is 0 Å². The molecule has 0 fully saturated rings. The number of aromatic nitrogens is 9. The molecule has 0 radical (unpaired) electrons. The Labute approximate surface area is 819 Å². The van der Waals surface area contributed by atoms with Gasteiger partial charge in [-0.3, -0.25) is 0 Å².